The normalized spacial score (nSPS) is 12.9. The second-order valence-electron chi connectivity index (χ2n) is 5.59. The molecule has 1 aromatic heterocycles. The third kappa shape index (κ3) is 3.61. The minimum absolute atomic E-state index is 0.497. The number of aromatic nitrogens is 1. The van der Waals surface area contributed by atoms with Crippen molar-refractivity contribution in [1.82, 2.24) is 10.3 Å². The van der Waals surface area contributed by atoms with Gasteiger partial charge in [-0.05, 0) is 30.5 Å². The topological polar surface area (TPSA) is 65.1 Å². The molecule has 1 aromatic carbocycles. The van der Waals surface area contributed by atoms with Crippen LogP contribution >= 0.6 is 0 Å². The summed E-state index contributed by atoms with van der Waals surface area (Å²) in [4.78, 5) is 14.6. The van der Waals surface area contributed by atoms with Gasteiger partial charge >= 0.3 is 5.97 Å². The van der Waals surface area contributed by atoms with Gasteiger partial charge in [-0.2, -0.15) is 0 Å². The molecular weight excluding hydrogens is 252 g/mol. The van der Waals surface area contributed by atoms with E-state index in [-0.39, 0.29) is 0 Å². The summed E-state index contributed by atoms with van der Waals surface area (Å²) in [5.74, 6) is -0.218. The van der Waals surface area contributed by atoms with E-state index in [9.17, 15) is 9.90 Å². The van der Waals surface area contributed by atoms with Gasteiger partial charge in [0.15, 0.2) is 0 Å². The minimum atomic E-state index is -0.793. The summed E-state index contributed by atoms with van der Waals surface area (Å²) in [6, 6.07) is 7.43. The van der Waals surface area contributed by atoms with Crippen molar-refractivity contribution in [3.63, 3.8) is 0 Å². The maximum Gasteiger partial charge on any atom is 0.321 e. The highest BCUT2D eigenvalue weighted by Gasteiger charge is 2.18. The Bertz CT molecular complexity index is 575. The third-order valence-electron chi connectivity index (χ3n) is 3.51. The van der Waals surface area contributed by atoms with Gasteiger partial charge in [0.2, 0.25) is 0 Å². The number of aromatic amines is 1. The van der Waals surface area contributed by atoms with Crippen LogP contribution in [0.3, 0.4) is 0 Å². The fourth-order valence-electron chi connectivity index (χ4n) is 2.31. The number of benzene rings is 1. The van der Waals surface area contributed by atoms with Gasteiger partial charge in [-0.15, -0.1) is 0 Å². The molecule has 0 aliphatic heterocycles. The average Bonchev–Trinajstić information content (AvgIpc) is 2.80. The zero-order valence-corrected chi connectivity index (χ0v) is 12.0. The fourth-order valence-corrected chi connectivity index (χ4v) is 2.31. The maximum absolute atomic E-state index is 11.4. The third-order valence-corrected chi connectivity index (χ3v) is 3.51. The van der Waals surface area contributed by atoms with Gasteiger partial charge in [0, 0.05) is 23.5 Å². The van der Waals surface area contributed by atoms with Crippen LogP contribution in [0.4, 0.5) is 0 Å². The summed E-state index contributed by atoms with van der Waals surface area (Å²) in [6.07, 6.45) is 3.39. The van der Waals surface area contributed by atoms with Crippen molar-refractivity contribution in [2.75, 3.05) is 6.54 Å². The second-order valence-corrected chi connectivity index (χ2v) is 5.59. The number of hydrogen-bond donors (Lipinski definition) is 3. The van der Waals surface area contributed by atoms with Gasteiger partial charge < -0.3 is 15.4 Å². The molecule has 0 saturated carbocycles. The first-order chi connectivity index (χ1) is 9.58. The molecule has 1 heterocycles. The lowest BCUT2D eigenvalue weighted by molar-refractivity contribution is -0.139. The summed E-state index contributed by atoms with van der Waals surface area (Å²) in [7, 11) is 0. The molecule has 0 bridgehead atoms. The van der Waals surface area contributed by atoms with Gasteiger partial charge in [-0.1, -0.05) is 32.0 Å². The predicted octanol–water partition coefficient (Wildman–Crippen LogP) is 2.80. The van der Waals surface area contributed by atoms with Gasteiger partial charge in [0.25, 0.3) is 0 Å². The Morgan fingerprint density at radius 2 is 2.10 bits per heavy atom. The largest absolute Gasteiger partial charge is 0.480 e. The number of carboxylic acid groups (broad SMARTS) is 1. The molecule has 2 aromatic rings. The fraction of sp³-hybridized carbons (Fsp3) is 0.438. The van der Waals surface area contributed by atoms with Crippen molar-refractivity contribution >= 4 is 16.9 Å². The average molecular weight is 274 g/mol. The summed E-state index contributed by atoms with van der Waals surface area (Å²) in [5, 5.41) is 13.6. The molecule has 0 amide bonds. The van der Waals surface area contributed by atoms with Crippen LogP contribution in [0.25, 0.3) is 10.9 Å². The van der Waals surface area contributed by atoms with Crippen LogP contribution in [0.5, 0.6) is 0 Å². The van der Waals surface area contributed by atoms with Crippen molar-refractivity contribution in [3.05, 3.63) is 36.0 Å². The van der Waals surface area contributed by atoms with Gasteiger partial charge in [0.1, 0.15) is 6.04 Å². The Balaban J connectivity index is 2.06. The second kappa shape index (κ2) is 6.57. The molecule has 1 atom stereocenters. The first-order valence-electron chi connectivity index (χ1n) is 7.09. The van der Waals surface area contributed by atoms with E-state index in [1.54, 1.807) is 0 Å². The molecule has 4 nitrogen and oxygen atoms in total. The lowest BCUT2D eigenvalue weighted by atomic mass is 10.0. The van der Waals surface area contributed by atoms with Crippen LogP contribution in [0.1, 0.15) is 25.8 Å². The van der Waals surface area contributed by atoms with E-state index in [0.29, 0.717) is 12.3 Å². The number of H-pyrrole nitrogens is 1. The SMILES string of the molecule is CC(C)CCNC(Cc1c[nH]c2ccccc12)C(=O)O. The van der Waals surface area contributed by atoms with E-state index >= 15 is 0 Å². The van der Waals surface area contributed by atoms with Crippen molar-refractivity contribution in [2.45, 2.75) is 32.7 Å². The molecule has 1 unspecified atom stereocenters. The molecule has 3 N–H and O–H groups in total. The number of aliphatic carboxylic acids is 1. The molecule has 0 saturated heterocycles. The Kier molecular flexibility index (Phi) is 4.79. The smallest absolute Gasteiger partial charge is 0.321 e. The molecule has 0 aliphatic carbocycles. The summed E-state index contributed by atoms with van der Waals surface area (Å²) < 4.78 is 0. The lowest BCUT2D eigenvalue weighted by Gasteiger charge is -2.15. The number of fused-ring (bicyclic) bond motifs is 1. The molecule has 0 radical (unpaired) electrons. The van der Waals surface area contributed by atoms with E-state index in [0.717, 1.165) is 29.4 Å². The summed E-state index contributed by atoms with van der Waals surface area (Å²) in [5.41, 5.74) is 2.10. The van der Waals surface area contributed by atoms with E-state index < -0.39 is 12.0 Å². The molecule has 0 spiro atoms. The highest BCUT2D eigenvalue weighted by molar-refractivity contribution is 5.84. The maximum atomic E-state index is 11.4. The van der Waals surface area contributed by atoms with E-state index in [4.69, 9.17) is 0 Å². The number of carboxylic acids is 1. The zero-order valence-electron chi connectivity index (χ0n) is 12.0. The molecule has 4 heteroatoms. The Labute approximate surface area is 119 Å². The Morgan fingerprint density at radius 1 is 1.35 bits per heavy atom. The van der Waals surface area contributed by atoms with Crippen molar-refractivity contribution in [1.29, 1.82) is 0 Å². The van der Waals surface area contributed by atoms with Crippen molar-refractivity contribution in [3.8, 4) is 0 Å². The van der Waals surface area contributed by atoms with Crippen LogP contribution in [0.2, 0.25) is 0 Å². The summed E-state index contributed by atoms with van der Waals surface area (Å²) in [6.45, 7) is 5.01. The monoisotopic (exact) mass is 274 g/mol. The van der Waals surface area contributed by atoms with E-state index in [2.05, 4.69) is 24.1 Å². The molecule has 20 heavy (non-hydrogen) atoms. The van der Waals surface area contributed by atoms with Crippen LogP contribution in [-0.4, -0.2) is 28.6 Å². The Morgan fingerprint density at radius 3 is 2.80 bits per heavy atom. The standard InChI is InChI=1S/C16H22N2O2/c1-11(2)7-8-17-15(16(19)20)9-12-10-18-14-6-4-3-5-13(12)14/h3-6,10-11,15,17-18H,7-9H2,1-2H3,(H,19,20). The number of rotatable bonds is 7. The first-order valence-corrected chi connectivity index (χ1v) is 7.09. The van der Waals surface area contributed by atoms with Crippen LogP contribution in [0.15, 0.2) is 30.5 Å². The van der Waals surface area contributed by atoms with Gasteiger partial charge in [0.05, 0.1) is 0 Å². The van der Waals surface area contributed by atoms with Crippen LogP contribution in [-0.2, 0) is 11.2 Å². The predicted molar refractivity (Wildman–Crippen MR) is 80.9 cm³/mol. The van der Waals surface area contributed by atoms with Crippen LogP contribution < -0.4 is 5.32 Å². The lowest BCUT2D eigenvalue weighted by Crippen LogP contribution is -2.39. The number of nitrogens with one attached hydrogen (secondary N) is 2. The van der Waals surface area contributed by atoms with E-state index in [1.165, 1.54) is 0 Å². The quantitative estimate of drug-likeness (QED) is 0.727. The van der Waals surface area contributed by atoms with Crippen LogP contribution in [0, 0.1) is 5.92 Å². The minimum Gasteiger partial charge on any atom is -0.480 e. The van der Waals surface area contributed by atoms with E-state index in [1.807, 2.05) is 30.5 Å². The number of carbonyl (C=O) groups is 1. The highest BCUT2D eigenvalue weighted by Crippen LogP contribution is 2.19. The molecule has 2 rings (SSSR count). The Hall–Kier alpha value is -1.81. The molecule has 0 aliphatic rings. The zero-order chi connectivity index (χ0) is 14.5. The van der Waals surface area contributed by atoms with Gasteiger partial charge in [-0.25, -0.2) is 0 Å². The molecular formula is C16H22N2O2. The van der Waals surface area contributed by atoms with Gasteiger partial charge in [-0.3, -0.25) is 4.79 Å². The number of para-hydroxylation sites is 1. The van der Waals surface area contributed by atoms with Crippen molar-refractivity contribution in [2.24, 2.45) is 5.92 Å². The molecule has 108 valence electrons. The highest BCUT2D eigenvalue weighted by atomic mass is 16.4. The van der Waals surface area contributed by atoms with Crippen molar-refractivity contribution < 1.29 is 9.90 Å². The number of hydrogen-bond acceptors (Lipinski definition) is 2. The molecule has 0 fully saturated rings. The summed E-state index contributed by atoms with van der Waals surface area (Å²) >= 11 is 0. The first kappa shape index (κ1) is 14.6.